The van der Waals surface area contributed by atoms with Crippen molar-refractivity contribution in [1.82, 2.24) is 9.80 Å². The highest BCUT2D eigenvalue weighted by atomic mass is 16.6. The second-order valence-corrected chi connectivity index (χ2v) is 9.12. The molecule has 0 aromatic heterocycles. The highest BCUT2D eigenvalue weighted by Gasteiger charge is 2.21. The number of hydrogen-bond acceptors (Lipinski definition) is 6. The van der Waals surface area contributed by atoms with Crippen molar-refractivity contribution in [3.8, 4) is 5.75 Å². The third-order valence-electron chi connectivity index (χ3n) is 5.61. The minimum Gasteiger partial charge on any atom is -0.494 e. The summed E-state index contributed by atoms with van der Waals surface area (Å²) in [6.45, 7) is 9.62. The number of carbonyl (C=O) groups is 3. The van der Waals surface area contributed by atoms with E-state index >= 15 is 0 Å². The van der Waals surface area contributed by atoms with Gasteiger partial charge in [-0.2, -0.15) is 0 Å². The lowest BCUT2D eigenvalue weighted by atomic mass is 10.2. The van der Waals surface area contributed by atoms with Gasteiger partial charge in [0, 0.05) is 43.1 Å². The zero-order valence-electron chi connectivity index (χ0n) is 21.3. The van der Waals surface area contributed by atoms with E-state index in [-0.39, 0.29) is 24.5 Å². The van der Waals surface area contributed by atoms with Gasteiger partial charge in [-0.25, -0.2) is 4.79 Å². The maximum absolute atomic E-state index is 12.6. The van der Waals surface area contributed by atoms with Crippen LogP contribution < -0.4 is 15.4 Å². The molecule has 0 bridgehead atoms. The Morgan fingerprint density at radius 3 is 2.22 bits per heavy atom. The van der Waals surface area contributed by atoms with E-state index < -0.39 is 0 Å². The van der Waals surface area contributed by atoms with E-state index in [4.69, 9.17) is 9.47 Å². The molecule has 0 radical (unpaired) electrons. The van der Waals surface area contributed by atoms with Crippen LogP contribution in [0.3, 0.4) is 0 Å². The standard InChI is InChI=1S/C27H36N4O5/c1-4-35-24-12-10-23(11-13-24)29-26(33)21-6-8-22(9-7-21)28-25(32)18-30-14-5-15-31(17-16-30)27(34)36-19-20(2)3/h6-13,20H,4-5,14-19H2,1-3H3,(H,28,32)(H,29,33). The van der Waals surface area contributed by atoms with Crippen LogP contribution in [-0.4, -0.2) is 73.6 Å². The number of benzene rings is 2. The van der Waals surface area contributed by atoms with Crippen molar-refractivity contribution in [2.45, 2.75) is 27.2 Å². The summed E-state index contributed by atoms with van der Waals surface area (Å²) in [5.74, 6) is 0.663. The first-order chi connectivity index (χ1) is 17.3. The van der Waals surface area contributed by atoms with Crippen LogP contribution in [0.4, 0.5) is 16.2 Å². The van der Waals surface area contributed by atoms with Crippen molar-refractivity contribution >= 4 is 29.3 Å². The third kappa shape index (κ3) is 8.57. The van der Waals surface area contributed by atoms with E-state index in [2.05, 4.69) is 10.6 Å². The summed E-state index contributed by atoms with van der Waals surface area (Å²) in [5, 5.41) is 5.73. The number of anilines is 2. The molecule has 1 aliphatic heterocycles. The number of carbonyl (C=O) groups excluding carboxylic acids is 3. The lowest BCUT2D eigenvalue weighted by molar-refractivity contribution is -0.117. The molecule has 2 aromatic rings. The van der Waals surface area contributed by atoms with Gasteiger partial charge in [0.05, 0.1) is 19.8 Å². The SMILES string of the molecule is CCOc1ccc(NC(=O)c2ccc(NC(=O)CN3CCCN(C(=O)OCC(C)C)CC3)cc2)cc1. The lowest BCUT2D eigenvalue weighted by Gasteiger charge is -2.21. The van der Waals surface area contributed by atoms with Crippen molar-refractivity contribution in [1.29, 1.82) is 0 Å². The third-order valence-corrected chi connectivity index (χ3v) is 5.61. The maximum atomic E-state index is 12.6. The Morgan fingerprint density at radius 2 is 1.56 bits per heavy atom. The number of nitrogens with zero attached hydrogens (tertiary/aromatic N) is 2. The Hall–Kier alpha value is -3.59. The van der Waals surface area contributed by atoms with Crippen LogP contribution in [0.25, 0.3) is 0 Å². The van der Waals surface area contributed by atoms with Crippen molar-refractivity contribution < 1.29 is 23.9 Å². The summed E-state index contributed by atoms with van der Waals surface area (Å²) >= 11 is 0. The minimum absolute atomic E-state index is 0.141. The molecule has 36 heavy (non-hydrogen) atoms. The van der Waals surface area contributed by atoms with E-state index in [1.165, 1.54) is 0 Å². The zero-order valence-corrected chi connectivity index (χ0v) is 21.3. The second kappa shape index (κ2) is 13.5. The summed E-state index contributed by atoms with van der Waals surface area (Å²) in [6, 6.07) is 13.9. The molecule has 0 spiro atoms. The van der Waals surface area contributed by atoms with Crippen LogP contribution in [0.5, 0.6) is 5.75 Å². The van der Waals surface area contributed by atoms with Crippen LogP contribution in [-0.2, 0) is 9.53 Å². The first kappa shape index (κ1) is 27.0. The number of ether oxygens (including phenoxy) is 2. The Morgan fingerprint density at radius 1 is 0.889 bits per heavy atom. The van der Waals surface area contributed by atoms with Gasteiger partial charge in [-0.3, -0.25) is 14.5 Å². The van der Waals surface area contributed by atoms with Crippen molar-refractivity contribution in [3.05, 3.63) is 54.1 Å². The minimum atomic E-state index is -0.290. The summed E-state index contributed by atoms with van der Waals surface area (Å²) in [4.78, 5) is 41.1. The van der Waals surface area contributed by atoms with Gasteiger partial charge in [0.2, 0.25) is 5.91 Å². The van der Waals surface area contributed by atoms with Crippen molar-refractivity contribution in [3.63, 3.8) is 0 Å². The van der Waals surface area contributed by atoms with E-state index in [1.54, 1.807) is 53.4 Å². The quantitative estimate of drug-likeness (QED) is 0.543. The molecule has 0 atom stereocenters. The zero-order chi connectivity index (χ0) is 25.9. The average molecular weight is 497 g/mol. The van der Waals surface area contributed by atoms with Crippen LogP contribution in [0.1, 0.15) is 37.6 Å². The Bertz CT molecular complexity index is 1010. The maximum Gasteiger partial charge on any atom is 0.409 e. The first-order valence-corrected chi connectivity index (χ1v) is 12.4. The Labute approximate surface area is 212 Å². The molecule has 3 rings (SSSR count). The van der Waals surface area contributed by atoms with Crippen LogP contribution in [0, 0.1) is 5.92 Å². The number of hydrogen-bond donors (Lipinski definition) is 2. The lowest BCUT2D eigenvalue weighted by Crippen LogP contribution is -2.38. The predicted octanol–water partition coefficient (Wildman–Crippen LogP) is 4.08. The fourth-order valence-corrected chi connectivity index (χ4v) is 3.75. The topological polar surface area (TPSA) is 100 Å². The molecular formula is C27H36N4O5. The van der Waals surface area contributed by atoms with Crippen LogP contribution in [0.2, 0.25) is 0 Å². The Kier molecular flexibility index (Phi) is 10.1. The molecule has 1 heterocycles. The molecule has 0 aliphatic carbocycles. The monoisotopic (exact) mass is 496 g/mol. The molecule has 1 fully saturated rings. The smallest absolute Gasteiger partial charge is 0.409 e. The summed E-state index contributed by atoms with van der Waals surface area (Å²) < 4.78 is 10.7. The number of amides is 3. The van der Waals surface area contributed by atoms with Gasteiger partial charge in [-0.05, 0) is 67.8 Å². The van der Waals surface area contributed by atoms with Gasteiger partial charge in [-0.15, -0.1) is 0 Å². The molecule has 3 amide bonds. The molecular weight excluding hydrogens is 460 g/mol. The summed E-state index contributed by atoms with van der Waals surface area (Å²) in [6.07, 6.45) is 0.490. The molecule has 0 saturated carbocycles. The molecule has 9 heteroatoms. The molecule has 194 valence electrons. The van der Waals surface area contributed by atoms with Gasteiger partial charge in [0.15, 0.2) is 0 Å². The first-order valence-electron chi connectivity index (χ1n) is 12.4. The van der Waals surface area contributed by atoms with Gasteiger partial charge >= 0.3 is 6.09 Å². The molecule has 9 nitrogen and oxygen atoms in total. The fraction of sp³-hybridized carbons (Fsp3) is 0.444. The summed E-state index contributed by atoms with van der Waals surface area (Å²) in [5.41, 5.74) is 1.77. The largest absolute Gasteiger partial charge is 0.494 e. The van der Waals surface area contributed by atoms with Crippen molar-refractivity contribution in [2.75, 3.05) is 56.6 Å². The average Bonchev–Trinajstić information content (AvgIpc) is 3.10. The van der Waals surface area contributed by atoms with E-state index in [0.717, 1.165) is 18.7 Å². The van der Waals surface area contributed by atoms with E-state index in [9.17, 15) is 14.4 Å². The van der Waals surface area contributed by atoms with Crippen molar-refractivity contribution in [2.24, 2.45) is 5.92 Å². The summed E-state index contributed by atoms with van der Waals surface area (Å²) in [7, 11) is 0. The Balaban J connectivity index is 1.44. The molecule has 1 aliphatic rings. The highest BCUT2D eigenvalue weighted by molar-refractivity contribution is 6.04. The molecule has 1 saturated heterocycles. The van der Waals surface area contributed by atoms with Crippen LogP contribution >= 0.6 is 0 Å². The van der Waals surface area contributed by atoms with Crippen LogP contribution in [0.15, 0.2) is 48.5 Å². The predicted molar refractivity (Wildman–Crippen MR) is 139 cm³/mol. The molecule has 0 unspecified atom stereocenters. The highest BCUT2D eigenvalue weighted by Crippen LogP contribution is 2.17. The van der Waals surface area contributed by atoms with E-state index in [0.29, 0.717) is 55.7 Å². The molecule has 2 N–H and O–H groups in total. The van der Waals surface area contributed by atoms with Gasteiger partial charge in [0.25, 0.3) is 5.91 Å². The fourth-order valence-electron chi connectivity index (χ4n) is 3.75. The normalized spacial score (nSPS) is 14.2. The van der Waals surface area contributed by atoms with Gasteiger partial charge < -0.3 is 25.0 Å². The molecule has 2 aromatic carbocycles. The number of rotatable bonds is 9. The number of nitrogens with one attached hydrogen (secondary N) is 2. The second-order valence-electron chi connectivity index (χ2n) is 9.12. The van der Waals surface area contributed by atoms with Gasteiger partial charge in [0.1, 0.15) is 5.75 Å². The van der Waals surface area contributed by atoms with Gasteiger partial charge in [-0.1, -0.05) is 13.8 Å². The van der Waals surface area contributed by atoms with E-state index in [1.807, 2.05) is 25.7 Å².